The van der Waals surface area contributed by atoms with Crippen molar-refractivity contribution < 1.29 is 13.2 Å². The summed E-state index contributed by atoms with van der Waals surface area (Å²) in [6.07, 6.45) is 1.60. The molecule has 0 aliphatic carbocycles. The fourth-order valence-electron chi connectivity index (χ4n) is 2.98. The van der Waals surface area contributed by atoms with Gasteiger partial charge < -0.3 is 4.90 Å². The smallest absolute Gasteiger partial charge is 0.223 e. The van der Waals surface area contributed by atoms with Gasteiger partial charge in [0, 0.05) is 24.7 Å². The molecule has 1 atom stereocenters. The van der Waals surface area contributed by atoms with E-state index in [-0.39, 0.29) is 23.5 Å². The molecule has 21 heavy (non-hydrogen) atoms. The van der Waals surface area contributed by atoms with Crippen molar-refractivity contribution in [1.82, 2.24) is 15.1 Å². The van der Waals surface area contributed by atoms with Gasteiger partial charge in [0.2, 0.25) is 5.91 Å². The van der Waals surface area contributed by atoms with Gasteiger partial charge in [0.1, 0.15) is 0 Å². The number of nitrogens with zero attached hydrogens (tertiary/aromatic N) is 2. The first kappa shape index (κ1) is 16.0. The zero-order valence-electron chi connectivity index (χ0n) is 12.8. The van der Waals surface area contributed by atoms with E-state index in [1.54, 1.807) is 4.90 Å². The lowest BCUT2D eigenvalue weighted by molar-refractivity contribution is -0.132. The van der Waals surface area contributed by atoms with Crippen LogP contribution in [0.5, 0.6) is 0 Å². The van der Waals surface area contributed by atoms with E-state index in [0.29, 0.717) is 25.8 Å². The average Bonchev–Trinajstić information content (AvgIpc) is 2.92. The monoisotopic (exact) mass is 313 g/mol. The number of nitrogens with one attached hydrogen (secondary N) is 1. The topological polar surface area (TPSA) is 83.1 Å². The van der Waals surface area contributed by atoms with Crippen molar-refractivity contribution >= 4 is 15.7 Å². The third-order valence-electron chi connectivity index (χ3n) is 4.18. The van der Waals surface area contributed by atoms with Gasteiger partial charge >= 0.3 is 0 Å². The standard InChI is InChI=1S/C14H23N3O3S/c1-4-17(12-7-8-21(19,20)9-12)14(18)6-5-13-10(2)15-16-11(13)3/h12H,4-9H2,1-3H3,(H,15,16). The second-order valence-electron chi connectivity index (χ2n) is 5.65. The number of sulfone groups is 1. The minimum absolute atomic E-state index is 0.0274. The summed E-state index contributed by atoms with van der Waals surface area (Å²) < 4.78 is 23.1. The molecule has 0 spiro atoms. The van der Waals surface area contributed by atoms with Gasteiger partial charge in [-0.25, -0.2) is 8.42 Å². The van der Waals surface area contributed by atoms with Gasteiger partial charge in [0.05, 0.1) is 17.2 Å². The summed E-state index contributed by atoms with van der Waals surface area (Å²) in [7, 11) is -2.96. The number of aromatic amines is 1. The van der Waals surface area contributed by atoms with Crippen LogP contribution in [-0.2, 0) is 21.1 Å². The molecule has 118 valence electrons. The normalized spacial score (nSPS) is 20.6. The molecule has 1 saturated heterocycles. The molecule has 2 heterocycles. The van der Waals surface area contributed by atoms with Gasteiger partial charge in [-0.15, -0.1) is 0 Å². The Morgan fingerprint density at radius 3 is 2.62 bits per heavy atom. The maximum atomic E-state index is 12.4. The summed E-state index contributed by atoms with van der Waals surface area (Å²) in [6, 6.07) is -0.154. The highest BCUT2D eigenvalue weighted by Crippen LogP contribution is 2.19. The highest BCUT2D eigenvalue weighted by molar-refractivity contribution is 7.91. The fraction of sp³-hybridized carbons (Fsp3) is 0.714. The van der Waals surface area contributed by atoms with E-state index in [1.807, 2.05) is 20.8 Å². The van der Waals surface area contributed by atoms with Crippen molar-refractivity contribution in [2.24, 2.45) is 0 Å². The number of carbonyl (C=O) groups excluding carboxylic acids is 1. The average molecular weight is 313 g/mol. The van der Waals surface area contributed by atoms with Gasteiger partial charge in [0.25, 0.3) is 0 Å². The largest absolute Gasteiger partial charge is 0.339 e. The molecule has 1 aromatic heterocycles. The number of aryl methyl sites for hydroxylation is 2. The summed E-state index contributed by atoms with van der Waals surface area (Å²) in [5.74, 6) is 0.331. The van der Waals surface area contributed by atoms with Crippen LogP contribution in [0, 0.1) is 13.8 Å². The first-order valence-corrected chi connectivity index (χ1v) is 9.16. The Kier molecular flexibility index (Phi) is 4.70. The molecule has 0 radical (unpaired) electrons. The number of carbonyl (C=O) groups is 1. The Hall–Kier alpha value is -1.37. The molecule has 1 N–H and O–H groups in total. The Labute approximate surface area is 125 Å². The Morgan fingerprint density at radius 1 is 1.43 bits per heavy atom. The number of hydrogen-bond donors (Lipinski definition) is 1. The van der Waals surface area contributed by atoms with Crippen LogP contribution >= 0.6 is 0 Å². The number of rotatable bonds is 5. The number of H-pyrrole nitrogens is 1. The molecule has 0 bridgehead atoms. The molecular formula is C14H23N3O3S. The van der Waals surface area contributed by atoms with E-state index in [4.69, 9.17) is 0 Å². The van der Waals surface area contributed by atoms with E-state index in [2.05, 4.69) is 10.2 Å². The molecule has 1 unspecified atom stereocenters. The predicted octanol–water partition coefficient (Wildman–Crippen LogP) is 0.995. The van der Waals surface area contributed by atoms with Gasteiger partial charge in [-0.1, -0.05) is 0 Å². The lowest BCUT2D eigenvalue weighted by Gasteiger charge is -2.27. The van der Waals surface area contributed by atoms with Crippen molar-refractivity contribution in [2.45, 2.75) is 46.1 Å². The van der Waals surface area contributed by atoms with Crippen LogP contribution in [0.4, 0.5) is 0 Å². The molecule has 1 aromatic rings. The van der Waals surface area contributed by atoms with Crippen LogP contribution in [0.25, 0.3) is 0 Å². The Balaban J connectivity index is 1.98. The second-order valence-corrected chi connectivity index (χ2v) is 7.88. The van der Waals surface area contributed by atoms with Crippen molar-refractivity contribution in [3.05, 3.63) is 17.0 Å². The lowest BCUT2D eigenvalue weighted by atomic mass is 10.1. The number of aromatic nitrogens is 2. The van der Waals surface area contributed by atoms with Gasteiger partial charge in [-0.2, -0.15) is 5.10 Å². The number of hydrogen-bond acceptors (Lipinski definition) is 4. The summed E-state index contributed by atoms with van der Waals surface area (Å²) in [4.78, 5) is 14.1. The second kappa shape index (κ2) is 6.17. The van der Waals surface area contributed by atoms with Crippen LogP contribution in [-0.4, -0.2) is 53.5 Å². The van der Waals surface area contributed by atoms with Gasteiger partial charge in [-0.3, -0.25) is 9.89 Å². The van der Waals surface area contributed by atoms with Crippen LogP contribution < -0.4 is 0 Å². The Morgan fingerprint density at radius 2 is 2.14 bits per heavy atom. The minimum Gasteiger partial charge on any atom is -0.339 e. The summed E-state index contributed by atoms with van der Waals surface area (Å²) in [5, 5.41) is 7.04. The molecule has 1 fully saturated rings. The molecule has 7 heteroatoms. The molecule has 0 aromatic carbocycles. The van der Waals surface area contributed by atoms with Crippen molar-refractivity contribution in [3.8, 4) is 0 Å². The summed E-state index contributed by atoms with van der Waals surface area (Å²) >= 11 is 0. The summed E-state index contributed by atoms with van der Waals surface area (Å²) in [5.41, 5.74) is 3.00. The first-order valence-electron chi connectivity index (χ1n) is 7.34. The minimum atomic E-state index is -2.96. The molecule has 0 saturated carbocycles. The third kappa shape index (κ3) is 3.64. The van der Waals surface area contributed by atoms with Crippen LogP contribution in [0.1, 0.15) is 36.7 Å². The van der Waals surface area contributed by atoms with E-state index in [9.17, 15) is 13.2 Å². The molecular weight excluding hydrogens is 290 g/mol. The van der Waals surface area contributed by atoms with Gasteiger partial charge in [0.15, 0.2) is 9.84 Å². The first-order chi connectivity index (χ1) is 9.84. The van der Waals surface area contributed by atoms with Gasteiger partial charge in [-0.05, 0) is 39.2 Å². The zero-order chi connectivity index (χ0) is 15.6. The molecule has 6 nitrogen and oxygen atoms in total. The molecule has 2 rings (SSSR count). The highest BCUT2D eigenvalue weighted by Gasteiger charge is 2.33. The van der Waals surface area contributed by atoms with Crippen LogP contribution in [0.3, 0.4) is 0 Å². The van der Waals surface area contributed by atoms with E-state index < -0.39 is 9.84 Å². The maximum Gasteiger partial charge on any atom is 0.223 e. The van der Waals surface area contributed by atoms with Crippen molar-refractivity contribution in [3.63, 3.8) is 0 Å². The van der Waals surface area contributed by atoms with Crippen molar-refractivity contribution in [1.29, 1.82) is 0 Å². The zero-order valence-corrected chi connectivity index (χ0v) is 13.7. The maximum absolute atomic E-state index is 12.4. The molecule has 1 aliphatic heterocycles. The number of amides is 1. The predicted molar refractivity (Wildman–Crippen MR) is 80.8 cm³/mol. The highest BCUT2D eigenvalue weighted by atomic mass is 32.2. The van der Waals surface area contributed by atoms with Crippen molar-refractivity contribution in [2.75, 3.05) is 18.1 Å². The van der Waals surface area contributed by atoms with Crippen LogP contribution in [0.15, 0.2) is 0 Å². The quantitative estimate of drug-likeness (QED) is 0.879. The Bertz CT molecular complexity index is 602. The summed E-state index contributed by atoms with van der Waals surface area (Å²) in [6.45, 7) is 6.32. The van der Waals surface area contributed by atoms with E-state index >= 15 is 0 Å². The lowest BCUT2D eigenvalue weighted by Crippen LogP contribution is -2.41. The molecule has 1 amide bonds. The van der Waals surface area contributed by atoms with E-state index in [0.717, 1.165) is 17.0 Å². The van der Waals surface area contributed by atoms with E-state index in [1.165, 1.54) is 0 Å². The fourth-order valence-corrected chi connectivity index (χ4v) is 4.71. The van der Waals surface area contributed by atoms with Crippen LogP contribution in [0.2, 0.25) is 0 Å². The SMILES string of the molecule is CCN(C(=O)CCc1c(C)n[nH]c1C)C1CCS(=O)(=O)C1. The third-order valence-corrected chi connectivity index (χ3v) is 5.93. The molecule has 1 aliphatic rings.